The zero-order valence-electron chi connectivity index (χ0n) is 17.5. The number of nitrogens with zero attached hydrogens (tertiary/aromatic N) is 2. The van der Waals surface area contributed by atoms with Crippen LogP contribution in [0.5, 0.6) is 0 Å². The van der Waals surface area contributed by atoms with E-state index in [2.05, 4.69) is 5.32 Å². The molecule has 0 aliphatic carbocycles. The molecule has 0 fully saturated rings. The predicted molar refractivity (Wildman–Crippen MR) is 116 cm³/mol. The lowest BCUT2D eigenvalue weighted by atomic mass is 9.95. The van der Waals surface area contributed by atoms with Crippen molar-refractivity contribution in [3.63, 3.8) is 0 Å². The van der Waals surface area contributed by atoms with Gasteiger partial charge in [-0.1, -0.05) is 12.1 Å². The van der Waals surface area contributed by atoms with Gasteiger partial charge in [-0.15, -0.1) is 11.8 Å². The summed E-state index contributed by atoms with van der Waals surface area (Å²) in [6.45, 7) is 6.50. The Morgan fingerprint density at radius 3 is 2.52 bits per heavy atom. The average Bonchev–Trinajstić information content (AvgIpc) is 2.66. The quantitative estimate of drug-likeness (QED) is 0.786. The highest BCUT2D eigenvalue weighted by Crippen LogP contribution is 2.26. The van der Waals surface area contributed by atoms with E-state index in [9.17, 15) is 14.4 Å². The summed E-state index contributed by atoms with van der Waals surface area (Å²) in [6.07, 6.45) is 4.17. The predicted octanol–water partition coefficient (Wildman–Crippen LogP) is 2.83. The van der Waals surface area contributed by atoms with Crippen molar-refractivity contribution >= 4 is 23.6 Å². The number of aryl methyl sites for hydroxylation is 1. The van der Waals surface area contributed by atoms with Crippen molar-refractivity contribution in [3.8, 4) is 0 Å². The SMILES string of the molecule is CSc1ccccc1C(=O)N1CCc2c(cn(C)c(=O)c2C(=O)NC(C)(C)C)C1. The zero-order chi connectivity index (χ0) is 21.3. The number of benzene rings is 1. The summed E-state index contributed by atoms with van der Waals surface area (Å²) in [4.78, 5) is 41.4. The second-order valence-electron chi connectivity index (χ2n) is 8.31. The monoisotopic (exact) mass is 413 g/mol. The van der Waals surface area contributed by atoms with Crippen LogP contribution in [-0.2, 0) is 20.0 Å². The normalized spacial score (nSPS) is 13.8. The van der Waals surface area contributed by atoms with Crippen LogP contribution in [0.15, 0.2) is 40.2 Å². The number of pyridine rings is 1. The lowest BCUT2D eigenvalue weighted by molar-refractivity contribution is 0.0730. The molecule has 0 spiro atoms. The summed E-state index contributed by atoms with van der Waals surface area (Å²) in [5, 5.41) is 2.89. The Bertz CT molecular complexity index is 1020. The minimum absolute atomic E-state index is 0.0323. The molecule has 1 aliphatic rings. The van der Waals surface area contributed by atoms with E-state index in [0.29, 0.717) is 25.1 Å². The number of fused-ring (bicyclic) bond motifs is 1. The summed E-state index contributed by atoms with van der Waals surface area (Å²) < 4.78 is 1.43. The fourth-order valence-electron chi connectivity index (χ4n) is 3.59. The number of carbonyl (C=O) groups excluding carboxylic acids is 2. The van der Waals surface area contributed by atoms with Crippen LogP contribution in [0.25, 0.3) is 0 Å². The molecule has 154 valence electrons. The third kappa shape index (κ3) is 4.40. The van der Waals surface area contributed by atoms with E-state index in [1.54, 1.807) is 29.9 Å². The van der Waals surface area contributed by atoms with Gasteiger partial charge in [0.15, 0.2) is 0 Å². The Kier molecular flexibility index (Phi) is 5.89. The number of hydrogen-bond donors (Lipinski definition) is 1. The molecule has 6 nitrogen and oxygen atoms in total. The van der Waals surface area contributed by atoms with Crippen LogP contribution in [0, 0.1) is 0 Å². The second-order valence-corrected chi connectivity index (χ2v) is 9.15. The van der Waals surface area contributed by atoms with Crippen LogP contribution in [-0.4, -0.2) is 39.6 Å². The first-order valence-corrected chi connectivity index (χ1v) is 10.8. The third-order valence-corrected chi connectivity index (χ3v) is 5.70. The van der Waals surface area contributed by atoms with Crippen molar-refractivity contribution in [2.45, 2.75) is 44.2 Å². The minimum Gasteiger partial charge on any atom is -0.347 e. The smallest absolute Gasteiger partial charge is 0.263 e. The standard InChI is InChI=1S/C22H27N3O3S/c1-22(2,3)23-19(26)18-15-10-11-25(13-14(15)12-24(4)21(18)28)20(27)16-8-6-7-9-17(16)29-5/h6-9,12H,10-11,13H2,1-5H3,(H,23,26). The van der Waals surface area contributed by atoms with Crippen molar-refractivity contribution in [3.05, 3.63) is 63.1 Å². The van der Waals surface area contributed by atoms with Gasteiger partial charge in [0, 0.05) is 36.8 Å². The van der Waals surface area contributed by atoms with Gasteiger partial charge < -0.3 is 14.8 Å². The van der Waals surface area contributed by atoms with Gasteiger partial charge in [-0.05, 0) is 56.7 Å². The van der Waals surface area contributed by atoms with Crippen LogP contribution in [0.4, 0.5) is 0 Å². The number of hydrogen-bond acceptors (Lipinski definition) is 4. The van der Waals surface area contributed by atoms with Gasteiger partial charge in [0.25, 0.3) is 17.4 Å². The molecule has 1 aromatic heterocycles. The van der Waals surface area contributed by atoms with E-state index >= 15 is 0 Å². The molecule has 0 radical (unpaired) electrons. The lowest BCUT2D eigenvalue weighted by Crippen LogP contribution is -2.45. The molecule has 1 aromatic carbocycles. The molecule has 0 unspecified atom stereocenters. The molecule has 1 aliphatic heterocycles. The van der Waals surface area contributed by atoms with Crippen LogP contribution >= 0.6 is 11.8 Å². The number of amides is 2. The molecular weight excluding hydrogens is 386 g/mol. The molecule has 2 amide bonds. The summed E-state index contributed by atoms with van der Waals surface area (Å²) in [5.74, 6) is -0.391. The van der Waals surface area contributed by atoms with Gasteiger partial charge in [-0.2, -0.15) is 0 Å². The van der Waals surface area contributed by atoms with Crippen LogP contribution in [0.3, 0.4) is 0 Å². The average molecular weight is 414 g/mol. The van der Waals surface area contributed by atoms with Crippen molar-refractivity contribution in [2.75, 3.05) is 12.8 Å². The number of aromatic nitrogens is 1. The van der Waals surface area contributed by atoms with Crippen molar-refractivity contribution in [1.29, 1.82) is 0 Å². The molecular formula is C22H27N3O3S. The van der Waals surface area contributed by atoms with Crippen LogP contribution in [0.1, 0.15) is 52.6 Å². The summed E-state index contributed by atoms with van der Waals surface area (Å²) in [5.41, 5.74) is 1.71. The maximum Gasteiger partial charge on any atom is 0.263 e. The molecule has 3 rings (SSSR count). The highest BCUT2D eigenvalue weighted by atomic mass is 32.2. The van der Waals surface area contributed by atoms with E-state index in [1.165, 1.54) is 4.57 Å². The molecule has 2 aromatic rings. The Morgan fingerprint density at radius 1 is 1.17 bits per heavy atom. The van der Waals surface area contributed by atoms with E-state index in [-0.39, 0.29) is 22.9 Å². The van der Waals surface area contributed by atoms with Gasteiger partial charge in [0.2, 0.25) is 0 Å². The number of rotatable bonds is 3. The number of thioether (sulfide) groups is 1. The molecule has 1 N–H and O–H groups in total. The molecule has 0 bridgehead atoms. The summed E-state index contributed by atoms with van der Waals surface area (Å²) >= 11 is 1.54. The molecule has 0 saturated carbocycles. The van der Waals surface area contributed by atoms with Crippen molar-refractivity contribution in [2.24, 2.45) is 7.05 Å². The van der Waals surface area contributed by atoms with Crippen LogP contribution < -0.4 is 10.9 Å². The number of nitrogens with one attached hydrogen (secondary N) is 1. The first-order chi connectivity index (χ1) is 13.6. The first kappa shape index (κ1) is 21.2. The summed E-state index contributed by atoms with van der Waals surface area (Å²) in [6, 6.07) is 7.56. The van der Waals surface area contributed by atoms with Crippen molar-refractivity contribution in [1.82, 2.24) is 14.8 Å². The molecule has 7 heteroatoms. The van der Waals surface area contributed by atoms with E-state index in [4.69, 9.17) is 0 Å². The highest BCUT2D eigenvalue weighted by molar-refractivity contribution is 7.98. The molecule has 0 atom stereocenters. The Balaban J connectivity index is 1.96. The largest absolute Gasteiger partial charge is 0.347 e. The maximum absolute atomic E-state index is 13.1. The van der Waals surface area contributed by atoms with E-state index in [0.717, 1.165) is 16.0 Å². The summed E-state index contributed by atoms with van der Waals surface area (Å²) in [7, 11) is 1.64. The molecule has 0 saturated heterocycles. The molecule has 29 heavy (non-hydrogen) atoms. The second kappa shape index (κ2) is 8.06. The third-order valence-electron chi connectivity index (χ3n) is 4.91. The highest BCUT2D eigenvalue weighted by Gasteiger charge is 2.29. The minimum atomic E-state index is -0.441. The van der Waals surface area contributed by atoms with E-state index < -0.39 is 5.54 Å². The zero-order valence-corrected chi connectivity index (χ0v) is 18.4. The fourth-order valence-corrected chi connectivity index (χ4v) is 4.18. The fraction of sp³-hybridized carbons (Fsp3) is 0.409. The Morgan fingerprint density at radius 2 is 1.86 bits per heavy atom. The first-order valence-electron chi connectivity index (χ1n) is 9.58. The Hall–Kier alpha value is -2.54. The van der Waals surface area contributed by atoms with Crippen molar-refractivity contribution < 1.29 is 9.59 Å². The Labute approximate surface area is 175 Å². The lowest BCUT2D eigenvalue weighted by Gasteiger charge is -2.31. The molecule has 2 heterocycles. The number of carbonyl (C=O) groups is 2. The maximum atomic E-state index is 13.1. The topological polar surface area (TPSA) is 71.4 Å². The van der Waals surface area contributed by atoms with Gasteiger partial charge in [-0.3, -0.25) is 14.4 Å². The van der Waals surface area contributed by atoms with Gasteiger partial charge in [0.05, 0.1) is 5.56 Å². The van der Waals surface area contributed by atoms with Gasteiger partial charge in [0.1, 0.15) is 5.56 Å². The van der Waals surface area contributed by atoms with E-state index in [1.807, 2.05) is 51.3 Å². The van der Waals surface area contributed by atoms with Crippen LogP contribution in [0.2, 0.25) is 0 Å². The van der Waals surface area contributed by atoms with Gasteiger partial charge in [-0.25, -0.2) is 0 Å². The van der Waals surface area contributed by atoms with Gasteiger partial charge >= 0.3 is 0 Å².